The minimum atomic E-state index is 0.734. The van der Waals surface area contributed by atoms with Gasteiger partial charge in [0.1, 0.15) is 5.69 Å². The summed E-state index contributed by atoms with van der Waals surface area (Å²) in [4.78, 5) is 0. The van der Waals surface area contributed by atoms with Crippen molar-refractivity contribution in [2.45, 2.75) is 6.92 Å². The highest BCUT2D eigenvalue weighted by Gasteiger charge is 2.10. The summed E-state index contributed by atoms with van der Waals surface area (Å²) in [6.07, 6.45) is 0. The lowest BCUT2D eigenvalue weighted by Crippen LogP contribution is -1.84. The Bertz CT molecular complexity index is 686. The van der Waals surface area contributed by atoms with Gasteiger partial charge >= 0.3 is 0 Å². The van der Waals surface area contributed by atoms with Crippen LogP contribution in [0.1, 0.15) is 5.56 Å². The van der Waals surface area contributed by atoms with Gasteiger partial charge in [-0.1, -0.05) is 35.9 Å². The molecule has 84 valence electrons. The molecule has 0 saturated heterocycles. The van der Waals surface area contributed by atoms with Crippen LogP contribution in [0.5, 0.6) is 0 Å². The van der Waals surface area contributed by atoms with Crippen LogP contribution in [0, 0.1) is 6.92 Å². The van der Waals surface area contributed by atoms with Crippen LogP contribution in [-0.2, 0) is 0 Å². The number of benzene rings is 2. The minimum absolute atomic E-state index is 0.734. The second-order valence-corrected chi connectivity index (χ2v) is 4.51. The number of rotatable bonds is 1. The molecule has 0 atom stereocenters. The van der Waals surface area contributed by atoms with E-state index >= 15 is 0 Å². The van der Waals surface area contributed by atoms with Crippen molar-refractivity contribution in [2.24, 2.45) is 0 Å². The van der Waals surface area contributed by atoms with Gasteiger partial charge in [-0.25, -0.2) is 0 Å². The summed E-state index contributed by atoms with van der Waals surface area (Å²) < 4.78 is 0. The third kappa shape index (κ3) is 1.71. The van der Waals surface area contributed by atoms with Crippen LogP contribution in [0.15, 0.2) is 42.5 Å². The number of aromatic nitrogens is 2. The first-order valence-electron chi connectivity index (χ1n) is 5.45. The minimum Gasteiger partial charge on any atom is -0.277 e. The highest BCUT2D eigenvalue weighted by Crippen LogP contribution is 2.30. The van der Waals surface area contributed by atoms with E-state index in [0.717, 1.165) is 27.2 Å². The molecule has 0 aliphatic rings. The lowest BCUT2D eigenvalue weighted by atomic mass is 10.0. The number of H-pyrrole nitrogens is 1. The third-order valence-electron chi connectivity index (χ3n) is 2.93. The van der Waals surface area contributed by atoms with Crippen LogP contribution >= 0.6 is 11.6 Å². The molecular weight excluding hydrogens is 232 g/mol. The van der Waals surface area contributed by atoms with E-state index in [2.05, 4.69) is 23.2 Å². The van der Waals surface area contributed by atoms with Crippen molar-refractivity contribution in [1.82, 2.24) is 10.2 Å². The summed E-state index contributed by atoms with van der Waals surface area (Å²) in [6.45, 7) is 2.06. The molecule has 0 fully saturated rings. The van der Waals surface area contributed by atoms with Crippen LogP contribution in [0.2, 0.25) is 5.02 Å². The van der Waals surface area contributed by atoms with E-state index in [1.54, 1.807) is 0 Å². The van der Waals surface area contributed by atoms with Crippen LogP contribution in [0.3, 0.4) is 0 Å². The molecule has 3 heteroatoms. The molecule has 2 aromatic carbocycles. The number of aromatic amines is 1. The molecule has 0 amide bonds. The molecule has 2 nitrogen and oxygen atoms in total. The number of para-hydroxylation sites is 1. The van der Waals surface area contributed by atoms with E-state index in [-0.39, 0.29) is 0 Å². The number of halogens is 1. The standard InChI is InChI=1S/C14H11ClN2/c1-9-6-7-10(15)8-12(9)14-11-4-2-3-5-13(11)16-17-14/h2-8H,1H3,(H,16,17). The fourth-order valence-electron chi connectivity index (χ4n) is 2.02. The van der Waals surface area contributed by atoms with E-state index in [1.807, 2.05) is 36.4 Å². The van der Waals surface area contributed by atoms with Crippen LogP contribution in [-0.4, -0.2) is 10.2 Å². The zero-order valence-electron chi connectivity index (χ0n) is 9.37. The Labute approximate surface area is 104 Å². The molecule has 17 heavy (non-hydrogen) atoms. The zero-order chi connectivity index (χ0) is 11.8. The normalized spacial score (nSPS) is 10.9. The van der Waals surface area contributed by atoms with Gasteiger partial charge < -0.3 is 0 Å². The average molecular weight is 243 g/mol. The molecular formula is C14H11ClN2. The van der Waals surface area contributed by atoms with Crippen LogP contribution in [0.4, 0.5) is 0 Å². The largest absolute Gasteiger partial charge is 0.277 e. The molecule has 1 heterocycles. The van der Waals surface area contributed by atoms with E-state index in [1.165, 1.54) is 5.56 Å². The van der Waals surface area contributed by atoms with Gasteiger partial charge in [0.25, 0.3) is 0 Å². The zero-order valence-corrected chi connectivity index (χ0v) is 10.1. The van der Waals surface area contributed by atoms with Crippen LogP contribution in [0.25, 0.3) is 22.2 Å². The Balaban J connectivity index is 2.31. The summed E-state index contributed by atoms with van der Waals surface area (Å²) in [7, 11) is 0. The highest BCUT2D eigenvalue weighted by molar-refractivity contribution is 6.31. The Morgan fingerprint density at radius 3 is 2.82 bits per heavy atom. The number of hydrogen-bond acceptors (Lipinski definition) is 1. The number of hydrogen-bond donors (Lipinski definition) is 1. The van der Waals surface area contributed by atoms with Gasteiger partial charge in [-0.05, 0) is 30.7 Å². The first kappa shape index (κ1) is 10.4. The van der Waals surface area contributed by atoms with Crippen molar-refractivity contribution in [3.63, 3.8) is 0 Å². The molecule has 0 unspecified atom stereocenters. The predicted octanol–water partition coefficient (Wildman–Crippen LogP) is 4.19. The Hall–Kier alpha value is -1.80. The molecule has 0 aliphatic heterocycles. The fraction of sp³-hybridized carbons (Fsp3) is 0.0714. The van der Waals surface area contributed by atoms with Crippen molar-refractivity contribution in [3.8, 4) is 11.3 Å². The topological polar surface area (TPSA) is 28.7 Å². The van der Waals surface area contributed by atoms with Crippen LogP contribution < -0.4 is 0 Å². The van der Waals surface area contributed by atoms with Gasteiger partial charge in [0.2, 0.25) is 0 Å². The maximum atomic E-state index is 6.05. The molecule has 0 spiro atoms. The molecule has 0 saturated carbocycles. The first-order valence-corrected chi connectivity index (χ1v) is 5.83. The van der Waals surface area contributed by atoms with Gasteiger partial charge in [0.05, 0.1) is 5.52 Å². The van der Waals surface area contributed by atoms with Crippen molar-refractivity contribution < 1.29 is 0 Å². The van der Waals surface area contributed by atoms with Gasteiger partial charge in [-0.3, -0.25) is 5.10 Å². The summed E-state index contributed by atoms with van der Waals surface area (Å²) in [5, 5.41) is 9.28. The second kappa shape index (κ2) is 3.90. The van der Waals surface area contributed by atoms with Crippen molar-refractivity contribution in [3.05, 3.63) is 53.1 Å². The lowest BCUT2D eigenvalue weighted by Gasteiger charge is -2.03. The maximum Gasteiger partial charge on any atom is 0.100 e. The molecule has 0 bridgehead atoms. The van der Waals surface area contributed by atoms with E-state index in [9.17, 15) is 0 Å². The number of fused-ring (bicyclic) bond motifs is 1. The van der Waals surface area contributed by atoms with Crippen molar-refractivity contribution in [2.75, 3.05) is 0 Å². The summed E-state index contributed by atoms with van der Waals surface area (Å²) in [5.74, 6) is 0. The summed E-state index contributed by atoms with van der Waals surface area (Å²) in [6, 6.07) is 14.0. The highest BCUT2D eigenvalue weighted by atomic mass is 35.5. The fourth-order valence-corrected chi connectivity index (χ4v) is 2.19. The van der Waals surface area contributed by atoms with Crippen molar-refractivity contribution >= 4 is 22.5 Å². The monoisotopic (exact) mass is 242 g/mol. The van der Waals surface area contributed by atoms with E-state index < -0.39 is 0 Å². The lowest BCUT2D eigenvalue weighted by molar-refractivity contribution is 1.12. The van der Waals surface area contributed by atoms with Gasteiger partial charge in [0.15, 0.2) is 0 Å². The average Bonchev–Trinajstić information content (AvgIpc) is 2.76. The van der Waals surface area contributed by atoms with Gasteiger partial charge in [-0.2, -0.15) is 5.10 Å². The first-order chi connectivity index (χ1) is 8.25. The summed E-state index contributed by atoms with van der Waals surface area (Å²) >= 11 is 6.05. The third-order valence-corrected chi connectivity index (χ3v) is 3.16. The molecule has 1 aromatic heterocycles. The predicted molar refractivity (Wildman–Crippen MR) is 71.3 cm³/mol. The summed E-state index contributed by atoms with van der Waals surface area (Å²) in [5.41, 5.74) is 4.25. The SMILES string of the molecule is Cc1ccc(Cl)cc1-c1n[nH]c2ccccc12. The quantitative estimate of drug-likeness (QED) is 0.681. The molecule has 3 aromatic rings. The van der Waals surface area contributed by atoms with Gasteiger partial charge in [0, 0.05) is 16.0 Å². The molecule has 0 aliphatic carbocycles. The van der Waals surface area contributed by atoms with E-state index in [4.69, 9.17) is 11.6 Å². The van der Waals surface area contributed by atoms with Crippen molar-refractivity contribution in [1.29, 1.82) is 0 Å². The van der Waals surface area contributed by atoms with E-state index in [0.29, 0.717) is 0 Å². The smallest absolute Gasteiger partial charge is 0.100 e. The Morgan fingerprint density at radius 1 is 1.12 bits per heavy atom. The number of nitrogens with one attached hydrogen (secondary N) is 1. The number of nitrogens with zero attached hydrogens (tertiary/aromatic N) is 1. The van der Waals surface area contributed by atoms with Gasteiger partial charge in [-0.15, -0.1) is 0 Å². The second-order valence-electron chi connectivity index (χ2n) is 4.08. The number of aryl methyl sites for hydroxylation is 1. The molecule has 0 radical (unpaired) electrons. The Morgan fingerprint density at radius 2 is 1.94 bits per heavy atom. The molecule has 3 rings (SSSR count). The molecule has 1 N–H and O–H groups in total. The maximum absolute atomic E-state index is 6.05. The Kier molecular flexibility index (Phi) is 2.37.